The molecule has 3 N–H and O–H groups in total. The first-order valence-electron chi connectivity index (χ1n) is 8.08. The van der Waals surface area contributed by atoms with Gasteiger partial charge in [-0.05, 0) is 42.8 Å². The topological polar surface area (TPSA) is 78.5 Å². The summed E-state index contributed by atoms with van der Waals surface area (Å²) in [5.74, 6) is 1.68. The Morgan fingerprint density at radius 3 is 2.80 bits per heavy atom. The van der Waals surface area contributed by atoms with Crippen molar-refractivity contribution < 1.29 is 0 Å². The molecule has 6 heteroatoms. The number of hydrogen-bond donors (Lipinski definition) is 3. The maximum absolute atomic E-state index is 4.41. The molecule has 0 radical (unpaired) electrons. The van der Waals surface area contributed by atoms with Crippen molar-refractivity contribution in [1.82, 2.24) is 19.9 Å². The number of fused-ring (bicyclic) bond motifs is 1. The zero-order valence-electron chi connectivity index (χ0n) is 13.8. The molecule has 0 saturated heterocycles. The number of aromatic nitrogens is 4. The van der Waals surface area contributed by atoms with E-state index in [0.29, 0.717) is 6.54 Å². The number of nitrogens with one attached hydrogen (secondary N) is 3. The van der Waals surface area contributed by atoms with Crippen LogP contribution in [0.3, 0.4) is 0 Å². The van der Waals surface area contributed by atoms with Crippen molar-refractivity contribution in [2.24, 2.45) is 0 Å². The van der Waals surface area contributed by atoms with Crippen LogP contribution in [0.4, 0.5) is 17.2 Å². The molecule has 0 unspecified atom stereocenters. The lowest BCUT2D eigenvalue weighted by Gasteiger charge is -2.11. The van der Waals surface area contributed by atoms with Crippen LogP contribution < -0.4 is 10.6 Å². The van der Waals surface area contributed by atoms with Gasteiger partial charge >= 0.3 is 0 Å². The Balaban J connectivity index is 1.63. The number of imidazole rings is 1. The van der Waals surface area contributed by atoms with Crippen LogP contribution in [-0.2, 0) is 6.54 Å². The zero-order chi connectivity index (χ0) is 17.1. The van der Waals surface area contributed by atoms with E-state index < -0.39 is 0 Å². The molecule has 124 valence electrons. The van der Waals surface area contributed by atoms with Gasteiger partial charge in [-0.3, -0.25) is 0 Å². The fraction of sp³-hybridized carbons (Fsp3) is 0.105. The largest absolute Gasteiger partial charge is 0.378 e. The Bertz CT molecular complexity index is 994. The predicted molar refractivity (Wildman–Crippen MR) is 99.9 cm³/mol. The molecule has 4 rings (SSSR count). The van der Waals surface area contributed by atoms with Crippen LogP contribution >= 0.6 is 0 Å². The summed E-state index contributed by atoms with van der Waals surface area (Å²) in [6.07, 6.45) is 5.14. The van der Waals surface area contributed by atoms with Gasteiger partial charge in [0.25, 0.3) is 0 Å². The van der Waals surface area contributed by atoms with Crippen LogP contribution in [0.15, 0.2) is 61.2 Å². The highest BCUT2D eigenvalue weighted by Crippen LogP contribution is 2.26. The summed E-state index contributed by atoms with van der Waals surface area (Å²) in [5, 5.41) is 7.72. The van der Waals surface area contributed by atoms with E-state index in [9.17, 15) is 0 Å². The standard InChI is InChI=1S/C19H18N6/c1-13-3-2-4-15(9-13)25-19-16-10-14(5-6-17(16)23-12-24-19)22-11-18-20-7-8-21-18/h2-10,12,22H,11H2,1H3,(H,20,21)(H,23,24,25). The second-order valence-electron chi connectivity index (χ2n) is 5.84. The smallest absolute Gasteiger partial charge is 0.141 e. The molecule has 0 aliphatic heterocycles. The van der Waals surface area contributed by atoms with Gasteiger partial charge in [-0.15, -0.1) is 0 Å². The maximum Gasteiger partial charge on any atom is 0.141 e. The van der Waals surface area contributed by atoms with Gasteiger partial charge < -0.3 is 15.6 Å². The number of nitrogens with zero attached hydrogens (tertiary/aromatic N) is 3. The summed E-state index contributed by atoms with van der Waals surface area (Å²) in [7, 11) is 0. The van der Waals surface area contributed by atoms with Gasteiger partial charge in [0, 0.05) is 29.2 Å². The Labute approximate surface area is 145 Å². The van der Waals surface area contributed by atoms with E-state index >= 15 is 0 Å². The third-order valence-electron chi connectivity index (χ3n) is 3.93. The molecular weight excluding hydrogens is 312 g/mol. The molecular formula is C19H18N6. The minimum atomic E-state index is 0.632. The molecule has 0 bridgehead atoms. The molecule has 0 amide bonds. The van der Waals surface area contributed by atoms with Crippen molar-refractivity contribution in [1.29, 1.82) is 0 Å². The predicted octanol–water partition coefficient (Wildman–Crippen LogP) is 4.02. The minimum Gasteiger partial charge on any atom is -0.378 e. The average molecular weight is 330 g/mol. The average Bonchev–Trinajstić information content (AvgIpc) is 3.14. The summed E-state index contributed by atoms with van der Waals surface area (Å²) in [4.78, 5) is 16.1. The molecule has 0 aliphatic carbocycles. The lowest BCUT2D eigenvalue weighted by Crippen LogP contribution is -2.02. The molecule has 0 spiro atoms. The van der Waals surface area contributed by atoms with E-state index in [1.54, 1.807) is 12.5 Å². The molecule has 2 aromatic heterocycles. The van der Waals surface area contributed by atoms with Crippen molar-refractivity contribution in [3.8, 4) is 0 Å². The minimum absolute atomic E-state index is 0.632. The first-order valence-corrected chi connectivity index (χ1v) is 8.08. The first-order chi connectivity index (χ1) is 12.3. The van der Waals surface area contributed by atoms with Gasteiger partial charge in [0.05, 0.1) is 12.1 Å². The summed E-state index contributed by atoms with van der Waals surface area (Å²) in [5.41, 5.74) is 4.10. The van der Waals surface area contributed by atoms with E-state index in [-0.39, 0.29) is 0 Å². The fourth-order valence-electron chi connectivity index (χ4n) is 2.71. The van der Waals surface area contributed by atoms with E-state index in [4.69, 9.17) is 0 Å². The van der Waals surface area contributed by atoms with Crippen LogP contribution in [0.1, 0.15) is 11.4 Å². The van der Waals surface area contributed by atoms with Gasteiger partial charge in [-0.2, -0.15) is 0 Å². The van der Waals surface area contributed by atoms with E-state index in [1.165, 1.54) is 5.56 Å². The fourth-order valence-corrected chi connectivity index (χ4v) is 2.71. The second-order valence-corrected chi connectivity index (χ2v) is 5.84. The highest BCUT2D eigenvalue weighted by molar-refractivity contribution is 5.92. The number of benzene rings is 2. The molecule has 0 fully saturated rings. The van der Waals surface area contributed by atoms with E-state index in [0.717, 1.165) is 33.9 Å². The molecule has 0 saturated carbocycles. The maximum atomic E-state index is 4.41. The van der Waals surface area contributed by atoms with Crippen LogP contribution in [-0.4, -0.2) is 19.9 Å². The quantitative estimate of drug-likeness (QED) is 0.515. The number of H-pyrrole nitrogens is 1. The van der Waals surface area contributed by atoms with Crippen LogP contribution in [0.2, 0.25) is 0 Å². The molecule has 0 atom stereocenters. The molecule has 2 aromatic carbocycles. The normalized spacial score (nSPS) is 10.8. The van der Waals surface area contributed by atoms with Crippen molar-refractivity contribution >= 4 is 28.1 Å². The second kappa shape index (κ2) is 6.60. The Morgan fingerprint density at radius 1 is 1.00 bits per heavy atom. The van der Waals surface area contributed by atoms with Gasteiger partial charge in [0.1, 0.15) is 18.0 Å². The number of anilines is 3. The lowest BCUT2D eigenvalue weighted by atomic mass is 10.2. The summed E-state index contributed by atoms with van der Waals surface area (Å²) < 4.78 is 0. The van der Waals surface area contributed by atoms with E-state index in [2.05, 4.69) is 55.7 Å². The molecule has 25 heavy (non-hydrogen) atoms. The Kier molecular flexibility index (Phi) is 4.00. The van der Waals surface area contributed by atoms with Crippen molar-refractivity contribution in [2.45, 2.75) is 13.5 Å². The number of aromatic amines is 1. The Hall–Kier alpha value is -3.41. The summed E-state index contributed by atoms with van der Waals surface area (Å²) in [6.45, 7) is 2.70. The van der Waals surface area contributed by atoms with Gasteiger partial charge in [-0.1, -0.05) is 12.1 Å². The van der Waals surface area contributed by atoms with Gasteiger partial charge in [0.15, 0.2) is 0 Å². The SMILES string of the molecule is Cc1cccc(Nc2ncnc3ccc(NCc4ncc[nH]4)cc23)c1. The summed E-state index contributed by atoms with van der Waals surface area (Å²) >= 11 is 0. The van der Waals surface area contributed by atoms with Crippen LogP contribution in [0.25, 0.3) is 10.9 Å². The lowest BCUT2D eigenvalue weighted by molar-refractivity contribution is 1.00. The molecule has 4 aromatic rings. The first kappa shape index (κ1) is 15.1. The molecule has 2 heterocycles. The van der Waals surface area contributed by atoms with E-state index in [1.807, 2.05) is 30.5 Å². The number of hydrogen-bond acceptors (Lipinski definition) is 5. The third-order valence-corrected chi connectivity index (χ3v) is 3.93. The van der Waals surface area contributed by atoms with Crippen molar-refractivity contribution in [3.63, 3.8) is 0 Å². The molecule has 0 aliphatic rings. The van der Waals surface area contributed by atoms with Crippen LogP contribution in [0, 0.1) is 6.92 Å². The highest BCUT2D eigenvalue weighted by Gasteiger charge is 2.06. The monoisotopic (exact) mass is 330 g/mol. The summed E-state index contributed by atoms with van der Waals surface area (Å²) in [6, 6.07) is 14.3. The Morgan fingerprint density at radius 2 is 1.96 bits per heavy atom. The van der Waals surface area contributed by atoms with Crippen LogP contribution in [0.5, 0.6) is 0 Å². The number of rotatable bonds is 5. The highest BCUT2D eigenvalue weighted by atomic mass is 15.0. The molecule has 6 nitrogen and oxygen atoms in total. The zero-order valence-corrected chi connectivity index (χ0v) is 13.8. The van der Waals surface area contributed by atoms with Gasteiger partial charge in [-0.25, -0.2) is 15.0 Å². The van der Waals surface area contributed by atoms with Crippen molar-refractivity contribution in [3.05, 3.63) is 72.6 Å². The van der Waals surface area contributed by atoms with Gasteiger partial charge in [0.2, 0.25) is 0 Å². The number of aryl methyl sites for hydroxylation is 1. The van der Waals surface area contributed by atoms with Crippen molar-refractivity contribution in [2.75, 3.05) is 10.6 Å². The third kappa shape index (κ3) is 3.42.